The van der Waals surface area contributed by atoms with Crippen LogP contribution in [0.1, 0.15) is 21.6 Å². The van der Waals surface area contributed by atoms with Crippen LogP contribution >= 0.6 is 34.5 Å². The van der Waals surface area contributed by atoms with Crippen molar-refractivity contribution in [1.29, 1.82) is 0 Å². The first-order valence-corrected chi connectivity index (χ1v) is 11.7. The standard InChI is InChI=1S/C23H18ClN3O4S2/c1-30-18-9-5-3-7-14(18)11-20-23(29)27(13-16-22(24)33-26-25-16)21(32-20)12-17(28)15-8-4-6-10-19(15)31-2/h3-12H,13H2,1-2H3/b20-11-,21-12-. The monoisotopic (exact) mass is 499 g/mol. The third kappa shape index (κ3) is 4.90. The van der Waals surface area contributed by atoms with Crippen molar-refractivity contribution in [1.82, 2.24) is 14.2 Å². The number of Topliss-reactive ketones (excluding diaryl/α,β-unsaturated/α-hetero) is 1. The van der Waals surface area contributed by atoms with E-state index in [2.05, 4.69) is 9.59 Å². The van der Waals surface area contributed by atoms with Crippen molar-refractivity contribution in [2.75, 3.05) is 14.2 Å². The van der Waals surface area contributed by atoms with Gasteiger partial charge in [-0.1, -0.05) is 46.4 Å². The van der Waals surface area contributed by atoms with Gasteiger partial charge in [-0.2, -0.15) is 0 Å². The highest BCUT2D eigenvalue weighted by Gasteiger charge is 2.14. The maximum atomic E-state index is 13.3. The summed E-state index contributed by atoms with van der Waals surface area (Å²) < 4.78 is 17.3. The second kappa shape index (κ2) is 10.1. The summed E-state index contributed by atoms with van der Waals surface area (Å²) in [6.45, 7) is 0.0927. The van der Waals surface area contributed by atoms with Crippen LogP contribution in [0, 0.1) is 0 Å². The number of ketones is 1. The molecule has 0 atom stereocenters. The fourth-order valence-electron chi connectivity index (χ4n) is 3.20. The first kappa shape index (κ1) is 22.9. The molecule has 0 radical (unpaired) electrons. The highest BCUT2D eigenvalue weighted by molar-refractivity contribution is 7.10. The van der Waals surface area contributed by atoms with E-state index in [0.29, 0.717) is 36.3 Å². The van der Waals surface area contributed by atoms with Crippen LogP contribution in [0.15, 0.2) is 53.3 Å². The van der Waals surface area contributed by atoms with Crippen molar-refractivity contribution < 1.29 is 14.3 Å². The van der Waals surface area contributed by atoms with Gasteiger partial charge in [0, 0.05) is 23.2 Å². The van der Waals surface area contributed by atoms with Crippen LogP contribution in [0.4, 0.5) is 0 Å². The molecular formula is C23H18ClN3O4S2. The predicted octanol–water partition coefficient (Wildman–Crippen LogP) is 2.97. The summed E-state index contributed by atoms with van der Waals surface area (Å²) in [5, 5.41) is 4.01. The van der Waals surface area contributed by atoms with Crippen molar-refractivity contribution in [3.63, 3.8) is 0 Å². The quantitative estimate of drug-likeness (QED) is 0.363. The Morgan fingerprint density at radius 3 is 2.48 bits per heavy atom. The highest BCUT2D eigenvalue weighted by atomic mass is 35.5. The van der Waals surface area contributed by atoms with Gasteiger partial charge in [-0.15, -0.1) is 16.4 Å². The Morgan fingerprint density at radius 2 is 1.79 bits per heavy atom. The predicted molar refractivity (Wildman–Crippen MR) is 130 cm³/mol. The number of benzene rings is 2. The largest absolute Gasteiger partial charge is 0.496 e. The summed E-state index contributed by atoms with van der Waals surface area (Å²) in [6.07, 6.45) is 3.17. The molecule has 2 heterocycles. The number of hydrogen-bond donors (Lipinski definition) is 0. The van der Waals surface area contributed by atoms with Crippen LogP contribution in [-0.4, -0.2) is 34.2 Å². The number of carbonyl (C=O) groups excluding carboxylic acids is 1. The fourth-order valence-corrected chi connectivity index (χ4v) is 4.84. The smallest absolute Gasteiger partial charge is 0.269 e. The number of hydrogen-bond acceptors (Lipinski definition) is 8. The lowest BCUT2D eigenvalue weighted by atomic mass is 10.1. The van der Waals surface area contributed by atoms with E-state index in [1.807, 2.05) is 24.3 Å². The number of para-hydroxylation sites is 2. The molecule has 2 aromatic carbocycles. The highest BCUT2D eigenvalue weighted by Crippen LogP contribution is 2.20. The van der Waals surface area contributed by atoms with Crippen LogP contribution < -0.4 is 24.2 Å². The van der Waals surface area contributed by atoms with Crippen LogP contribution in [0.3, 0.4) is 0 Å². The van der Waals surface area contributed by atoms with Gasteiger partial charge in [0.2, 0.25) is 0 Å². The topological polar surface area (TPSA) is 83.3 Å². The summed E-state index contributed by atoms with van der Waals surface area (Å²) in [5.41, 5.74) is 1.34. The van der Waals surface area contributed by atoms with Gasteiger partial charge in [0.25, 0.3) is 5.56 Å². The van der Waals surface area contributed by atoms with Gasteiger partial charge >= 0.3 is 0 Å². The SMILES string of the molecule is COc1ccccc1/C=c1\s/c(=C\C(=O)c2ccccc2OC)n(Cc2nnsc2Cl)c1=O. The molecule has 33 heavy (non-hydrogen) atoms. The van der Waals surface area contributed by atoms with E-state index in [4.69, 9.17) is 21.1 Å². The van der Waals surface area contributed by atoms with Crippen molar-refractivity contribution in [2.24, 2.45) is 0 Å². The second-order valence-electron chi connectivity index (χ2n) is 6.78. The molecule has 10 heteroatoms. The Bertz CT molecular complexity index is 1490. The number of aromatic nitrogens is 3. The Morgan fingerprint density at radius 1 is 1.09 bits per heavy atom. The van der Waals surface area contributed by atoms with E-state index in [-0.39, 0.29) is 17.9 Å². The van der Waals surface area contributed by atoms with E-state index in [0.717, 1.165) is 17.1 Å². The third-order valence-electron chi connectivity index (χ3n) is 4.81. The molecule has 0 amide bonds. The Kier molecular flexibility index (Phi) is 7.02. The van der Waals surface area contributed by atoms with Gasteiger partial charge in [0.05, 0.1) is 30.9 Å². The van der Waals surface area contributed by atoms with Crippen molar-refractivity contribution in [3.05, 3.63) is 89.2 Å². The maximum Gasteiger partial charge on any atom is 0.269 e. The minimum Gasteiger partial charge on any atom is -0.496 e. The number of thiazole rings is 1. The molecule has 0 aliphatic rings. The van der Waals surface area contributed by atoms with Gasteiger partial charge in [-0.05, 0) is 24.3 Å². The first-order valence-electron chi connectivity index (χ1n) is 9.72. The van der Waals surface area contributed by atoms with E-state index in [1.54, 1.807) is 37.5 Å². The molecule has 0 bridgehead atoms. The second-order valence-corrected chi connectivity index (χ2v) is 9.20. The molecule has 0 saturated heterocycles. The zero-order valence-electron chi connectivity index (χ0n) is 17.6. The average Bonchev–Trinajstić information content (AvgIpc) is 3.37. The van der Waals surface area contributed by atoms with E-state index >= 15 is 0 Å². The molecule has 0 aliphatic heterocycles. The zero-order chi connectivity index (χ0) is 23.4. The third-order valence-corrected chi connectivity index (χ3v) is 6.85. The average molecular weight is 500 g/mol. The van der Waals surface area contributed by atoms with E-state index in [9.17, 15) is 9.59 Å². The summed E-state index contributed by atoms with van der Waals surface area (Å²) in [5.74, 6) is 0.810. The number of halogens is 1. The summed E-state index contributed by atoms with van der Waals surface area (Å²) in [7, 11) is 3.08. The van der Waals surface area contributed by atoms with Crippen molar-refractivity contribution in [3.8, 4) is 11.5 Å². The summed E-state index contributed by atoms with van der Waals surface area (Å²) in [6, 6.07) is 14.3. The molecule has 0 saturated carbocycles. The van der Waals surface area contributed by atoms with Gasteiger partial charge in [-0.3, -0.25) is 14.2 Å². The van der Waals surface area contributed by atoms with Gasteiger partial charge in [0.15, 0.2) is 5.78 Å². The van der Waals surface area contributed by atoms with Gasteiger partial charge < -0.3 is 9.47 Å². The molecule has 0 spiro atoms. The lowest BCUT2D eigenvalue weighted by Gasteiger charge is -2.04. The van der Waals surface area contributed by atoms with Crippen LogP contribution in [0.5, 0.6) is 11.5 Å². The number of carbonyl (C=O) groups is 1. The van der Waals surface area contributed by atoms with Crippen LogP contribution in [0.25, 0.3) is 12.2 Å². The number of nitrogens with zero attached hydrogens (tertiary/aromatic N) is 3. The minimum atomic E-state index is -0.284. The fraction of sp³-hybridized carbons (Fsp3) is 0.130. The first-order chi connectivity index (χ1) is 16.0. The maximum absolute atomic E-state index is 13.3. The number of ether oxygens (including phenoxy) is 2. The summed E-state index contributed by atoms with van der Waals surface area (Å²) >= 11 is 8.41. The van der Waals surface area contributed by atoms with E-state index in [1.165, 1.54) is 29.1 Å². The van der Waals surface area contributed by atoms with E-state index < -0.39 is 0 Å². The van der Waals surface area contributed by atoms with Crippen molar-refractivity contribution >= 4 is 52.4 Å². The molecule has 0 N–H and O–H groups in total. The normalized spacial score (nSPS) is 12.2. The Hall–Kier alpha value is -3.27. The molecule has 0 unspecified atom stereocenters. The lowest BCUT2D eigenvalue weighted by Crippen LogP contribution is -2.32. The molecular weight excluding hydrogens is 482 g/mol. The minimum absolute atomic E-state index is 0.0927. The van der Waals surface area contributed by atoms with Gasteiger partial charge in [-0.25, -0.2) is 0 Å². The molecule has 4 aromatic rings. The molecule has 0 fully saturated rings. The number of methoxy groups -OCH3 is 2. The summed E-state index contributed by atoms with van der Waals surface area (Å²) in [4.78, 5) is 26.4. The molecule has 7 nitrogen and oxygen atoms in total. The van der Waals surface area contributed by atoms with Crippen molar-refractivity contribution in [2.45, 2.75) is 6.54 Å². The lowest BCUT2D eigenvalue weighted by molar-refractivity contribution is 0.105. The Labute approximate surface area is 202 Å². The Balaban J connectivity index is 1.90. The van der Waals surface area contributed by atoms with Crippen LogP contribution in [0.2, 0.25) is 4.34 Å². The zero-order valence-corrected chi connectivity index (χ0v) is 20.0. The molecule has 4 rings (SSSR count). The molecule has 0 aliphatic carbocycles. The molecule has 2 aromatic heterocycles. The number of rotatable bonds is 7. The molecule has 168 valence electrons. The van der Waals surface area contributed by atoms with Gasteiger partial charge in [0.1, 0.15) is 26.2 Å². The van der Waals surface area contributed by atoms with Crippen LogP contribution in [-0.2, 0) is 6.54 Å².